The molecule has 5 heteroatoms. The molecule has 2 heterocycles. The lowest BCUT2D eigenvalue weighted by molar-refractivity contribution is 0.273. The summed E-state index contributed by atoms with van der Waals surface area (Å²) in [7, 11) is 2.08. The fraction of sp³-hybridized carbons (Fsp3) is 0.500. The number of nitrogens with zero attached hydrogens (tertiary/aromatic N) is 3. The quantitative estimate of drug-likeness (QED) is 0.717. The van der Waals surface area contributed by atoms with E-state index in [1.165, 1.54) is 0 Å². The Balaban J connectivity index is 1.73. The summed E-state index contributed by atoms with van der Waals surface area (Å²) >= 11 is 0. The van der Waals surface area contributed by atoms with Crippen LogP contribution in [-0.2, 0) is 19.5 Å². The molecule has 0 bridgehead atoms. The van der Waals surface area contributed by atoms with E-state index in [9.17, 15) is 0 Å². The van der Waals surface area contributed by atoms with Crippen molar-refractivity contribution in [2.45, 2.75) is 32.9 Å². The Morgan fingerprint density at radius 3 is 2.95 bits per heavy atom. The molecule has 114 valence electrons. The van der Waals surface area contributed by atoms with Gasteiger partial charge in [-0.05, 0) is 32.1 Å². The summed E-state index contributed by atoms with van der Waals surface area (Å²) in [6.45, 7) is 5.65. The monoisotopic (exact) mass is 288 g/mol. The van der Waals surface area contributed by atoms with Crippen LogP contribution in [0.1, 0.15) is 30.5 Å². The van der Waals surface area contributed by atoms with Gasteiger partial charge in [0.2, 0.25) is 0 Å². The summed E-state index contributed by atoms with van der Waals surface area (Å²) in [6.07, 6.45) is 3.90. The van der Waals surface area contributed by atoms with Crippen LogP contribution < -0.4 is 5.32 Å². The van der Waals surface area contributed by atoms with E-state index in [1.54, 1.807) is 0 Å². The summed E-state index contributed by atoms with van der Waals surface area (Å²) in [4.78, 5) is 6.55. The Morgan fingerprint density at radius 2 is 2.19 bits per heavy atom. The standard InChI is InChI=1S/C16H24N4O/c1-3-8-17-12-15-11-16(21-19-15)13-20(2)10-7-14-6-4-5-9-18-14/h4-6,9,11,17H,3,7-8,10,12-13H2,1-2H3. The molecule has 0 amide bonds. The minimum atomic E-state index is 0.771. The summed E-state index contributed by atoms with van der Waals surface area (Å²) in [6, 6.07) is 8.05. The molecule has 0 aromatic carbocycles. The predicted octanol–water partition coefficient (Wildman–Crippen LogP) is 2.24. The SMILES string of the molecule is CCCNCc1cc(CN(C)CCc2ccccn2)on1. The number of likely N-dealkylation sites (N-methyl/N-ethyl adjacent to an activating group) is 1. The molecule has 0 radical (unpaired) electrons. The molecule has 0 aliphatic rings. The highest BCUT2D eigenvalue weighted by Gasteiger charge is 2.07. The van der Waals surface area contributed by atoms with Gasteiger partial charge in [0.15, 0.2) is 5.76 Å². The van der Waals surface area contributed by atoms with Crippen LogP contribution >= 0.6 is 0 Å². The number of hydrogen-bond donors (Lipinski definition) is 1. The van der Waals surface area contributed by atoms with Gasteiger partial charge in [-0.2, -0.15) is 0 Å². The molecule has 0 aliphatic carbocycles. The van der Waals surface area contributed by atoms with Crippen molar-refractivity contribution in [2.75, 3.05) is 20.1 Å². The second kappa shape index (κ2) is 8.54. The Hall–Kier alpha value is -1.72. The highest BCUT2D eigenvalue weighted by atomic mass is 16.5. The van der Waals surface area contributed by atoms with Crippen LogP contribution in [0.4, 0.5) is 0 Å². The van der Waals surface area contributed by atoms with E-state index >= 15 is 0 Å². The lowest BCUT2D eigenvalue weighted by Crippen LogP contribution is -2.20. The molecule has 2 rings (SSSR count). The molecule has 21 heavy (non-hydrogen) atoms. The van der Waals surface area contributed by atoms with E-state index < -0.39 is 0 Å². The maximum atomic E-state index is 5.37. The van der Waals surface area contributed by atoms with Gasteiger partial charge in [-0.15, -0.1) is 0 Å². The minimum Gasteiger partial charge on any atom is -0.360 e. The summed E-state index contributed by atoms with van der Waals surface area (Å²) in [5, 5.41) is 7.40. The first kappa shape index (κ1) is 15.7. The van der Waals surface area contributed by atoms with Crippen molar-refractivity contribution in [2.24, 2.45) is 0 Å². The van der Waals surface area contributed by atoms with Gasteiger partial charge in [0.1, 0.15) is 0 Å². The lowest BCUT2D eigenvalue weighted by Gasteiger charge is -2.13. The third-order valence-corrected chi connectivity index (χ3v) is 3.24. The Bertz CT molecular complexity index is 512. The number of rotatable bonds is 9. The third kappa shape index (κ3) is 5.65. The maximum Gasteiger partial charge on any atom is 0.151 e. The number of hydrogen-bond acceptors (Lipinski definition) is 5. The zero-order valence-corrected chi connectivity index (χ0v) is 12.9. The van der Waals surface area contributed by atoms with Gasteiger partial charge < -0.3 is 9.84 Å². The van der Waals surface area contributed by atoms with Gasteiger partial charge in [-0.3, -0.25) is 9.88 Å². The van der Waals surface area contributed by atoms with Crippen molar-refractivity contribution in [3.05, 3.63) is 47.6 Å². The van der Waals surface area contributed by atoms with Crippen LogP contribution in [0, 0.1) is 0 Å². The molecular weight excluding hydrogens is 264 g/mol. The highest BCUT2D eigenvalue weighted by Crippen LogP contribution is 2.07. The molecular formula is C16H24N4O. The first-order valence-corrected chi connectivity index (χ1v) is 7.51. The summed E-state index contributed by atoms with van der Waals surface area (Å²) < 4.78 is 5.37. The molecule has 0 atom stereocenters. The predicted molar refractivity (Wildman–Crippen MR) is 82.8 cm³/mol. The Labute approximate surface area is 126 Å². The number of pyridine rings is 1. The van der Waals surface area contributed by atoms with E-state index in [0.717, 1.165) is 56.2 Å². The molecule has 0 saturated carbocycles. The van der Waals surface area contributed by atoms with Gasteiger partial charge in [0.05, 0.1) is 12.2 Å². The average Bonchev–Trinajstić information content (AvgIpc) is 2.94. The summed E-state index contributed by atoms with van der Waals surface area (Å²) in [5.41, 5.74) is 2.09. The lowest BCUT2D eigenvalue weighted by atomic mass is 10.2. The second-order valence-corrected chi connectivity index (χ2v) is 5.27. The van der Waals surface area contributed by atoms with E-state index in [4.69, 9.17) is 4.52 Å². The van der Waals surface area contributed by atoms with E-state index in [0.29, 0.717) is 0 Å². The molecule has 0 fully saturated rings. The van der Waals surface area contributed by atoms with Gasteiger partial charge in [-0.1, -0.05) is 18.1 Å². The van der Waals surface area contributed by atoms with Crippen molar-refractivity contribution >= 4 is 0 Å². The fourth-order valence-corrected chi connectivity index (χ4v) is 2.10. The van der Waals surface area contributed by atoms with Crippen molar-refractivity contribution in [3.8, 4) is 0 Å². The average molecular weight is 288 g/mol. The maximum absolute atomic E-state index is 5.37. The first-order valence-electron chi connectivity index (χ1n) is 7.51. The van der Waals surface area contributed by atoms with Crippen LogP contribution in [0.2, 0.25) is 0 Å². The fourth-order valence-electron chi connectivity index (χ4n) is 2.10. The van der Waals surface area contributed by atoms with Crippen LogP contribution in [0.5, 0.6) is 0 Å². The highest BCUT2D eigenvalue weighted by molar-refractivity contribution is 5.06. The van der Waals surface area contributed by atoms with Gasteiger partial charge in [0, 0.05) is 37.5 Å². The van der Waals surface area contributed by atoms with Gasteiger partial charge in [-0.25, -0.2) is 0 Å². The van der Waals surface area contributed by atoms with Crippen molar-refractivity contribution in [1.29, 1.82) is 0 Å². The first-order chi connectivity index (χ1) is 10.3. The second-order valence-electron chi connectivity index (χ2n) is 5.27. The largest absolute Gasteiger partial charge is 0.360 e. The van der Waals surface area contributed by atoms with Crippen LogP contribution in [0.25, 0.3) is 0 Å². The van der Waals surface area contributed by atoms with E-state index in [2.05, 4.69) is 40.4 Å². The zero-order chi connectivity index (χ0) is 14.9. The number of aromatic nitrogens is 2. The molecule has 0 saturated heterocycles. The molecule has 0 unspecified atom stereocenters. The van der Waals surface area contributed by atoms with E-state index in [-0.39, 0.29) is 0 Å². The molecule has 5 nitrogen and oxygen atoms in total. The van der Waals surface area contributed by atoms with Crippen molar-refractivity contribution < 1.29 is 4.52 Å². The molecule has 0 aliphatic heterocycles. The number of nitrogens with one attached hydrogen (secondary N) is 1. The van der Waals surface area contributed by atoms with E-state index in [1.807, 2.05) is 24.4 Å². The Morgan fingerprint density at radius 1 is 1.29 bits per heavy atom. The molecule has 1 N–H and O–H groups in total. The normalized spacial score (nSPS) is 11.2. The Kier molecular flexibility index (Phi) is 6.37. The smallest absolute Gasteiger partial charge is 0.151 e. The van der Waals surface area contributed by atoms with Crippen molar-refractivity contribution in [3.63, 3.8) is 0 Å². The molecule has 0 spiro atoms. The van der Waals surface area contributed by atoms with Crippen molar-refractivity contribution in [1.82, 2.24) is 20.4 Å². The van der Waals surface area contributed by atoms with Gasteiger partial charge in [0.25, 0.3) is 0 Å². The van der Waals surface area contributed by atoms with Crippen LogP contribution in [0.3, 0.4) is 0 Å². The molecule has 2 aromatic rings. The van der Waals surface area contributed by atoms with Gasteiger partial charge >= 0.3 is 0 Å². The summed E-state index contributed by atoms with van der Waals surface area (Å²) in [5.74, 6) is 0.909. The van der Waals surface area contributed by atoms with Crippen LogP contribution in [-0.4, -0.2) is 35.2 Å². The minimum absolute atomic E-state index is 0.771. The zero-order valence-electron chi connectivity index (χ0n) is 12.9. The van der Waals surface area contributed by atoms with Crippen LogP contribution in [0.15, 0.2) is 35.0 Å². The third-order valence-electron chi connectivity index (χ3n) is 3.24. The molecule has 2 aromatic heterocycles. The topological polar surface area (TPSA) is 54.2 Å².